The third kappa shape index (κ3) is 4.59. The van der Waals surface area contributed by atoms with Gasteiger partial charge >= 0.3 is 14.0 Å². The third-order valence-electron chi connectivity index (χ3n) is 6.67. The van der Waals surface area contributed by atoms with E-state index in [0.29, 0.717) is 24.1 Å². The summed E-state index contributed by atoms with van der Waals surface area (Å²) in [6, 6.07) is 5.80. The van der Waals surface area contributed by atoms with Gasteiger partial charge in [0, 0.05) is 6.42 Å². The van der Waals surface area contributed by atoms with E-state index in [1.54, 1.807) is 19.9 Å². The molecule has 3 aromatic rings. The van der Waals surface area contributed by atoms with Gasteiger partial charge in [-0.15, -0.1) is 0 Å². The molecule has 3 aliphatic heterocycles. The summed E-state index contributed by atoms with van der Waals surface area (Å²) in [5.74, 6) is -0.307. The first-order chi connectivity index (χ1) is 18.7. The second-order valence-corrected chi connectivity index (χ2v) is 10.9. The molecule has 14 nitrogen and oxygen atoms in total. The van der Waals surface area contributed by atoms with Crippen LogP contribution in [0.1, 0.15) is 38.2 Å². The number of anilines is 1. The molecular formula is C23H25FN5O9P. The molecule has 3 aliphatic rings. The van der Waals surface area contributed by atoms with Crippen LogP contribution in [-0.2, 0) is 32.3 Å². The van der Waals surface area contributed by atoms with Gasteiger partial charge in [-0.05, 0) is 31.5 Å². The lowest BCUT2D eigenvalue weighted by atomic mass is 9.96. The minimum Gasteiger partial charge on any atom is -0.476 e. The highest BCUT2D eigenvalue weighted by Crippen LogP contribution is 2.58. The van der Waals surface area contributed by atoms with Crippen LogP contribution in [0, 0.1) is 5.82 Å². The van der Waals surface area contributed by atoms with Crippen molar-refractivity contribution in [3.05, 3.63) is 42.0 Å². The molecule has 0 spiro atoms. The second-order valence-electron chi connectivity index (χ2n) is 9.26. The molecule has 0 saturated carbocycles. The van der Waals surface area contributed by atoms with E-state index in [0.717, 1.165) is 0 Å². The Hall–Kier alpha value is -3.36. The number of phosphoric ester groups is 1. The molecule has 2 aromatic heterocycles. The van der Waals surface area contributed by atoms with Gasteiger partial charge in [0.25, 0.3) is 0 Å². The number of hydrogen-bond acceptors (Lipinski definition) is 13. The normalized spacial score (nSPS) is 32.1. The van der Waals surface area contributed by atoms with Gasteiger partial charge < -0.3 is 24.7 Å². The molecule has 3 saturated heterocycles. The maximum absolute atomic E-state index is 13.7. The Balaban J connectivity index is 1.24. The van der Waals surface area contributed by atoms with Crippen molar-refractivity contribution in [2.75, 3.05) is 25.6 Å². The van der Waals surface area contributed by atoms with Gasteiger partial charge in [0.1, 0.15) is 11.9 Å². The minimum atomic E-state index is -4.07. The quantitative estimate of drug-likeness (QED) is 0.327. The van der Waals surface area contributed by atoms with Crippen LogP contribution in [0.5, 0.6) is 5.88 Å². The molecule has 3 fully saturated rings. The lowest BCUT2D eigenvalue weighted by Gasteiger charge is -2.29. The summed E-state index contributed by atoms with van der Waals surface area (Å²) in [5.41, 5.74) is 5.66. The molecule has 1 aromatic carbocycles. The number of rotatable bonds is 7. The van der Waals surface area contributed by atoms with Crippen molar-refractivity contribution in [3.63, 3.8) is 0 Å². The Labute approximate surface area is 221 Å². The molecule has 6 atom stereocenters. The van der Waals surface area contributed by atoms with Gasteiger partial charge in [0.2, 0.25) is 11.8 Å². The molecule has 5 heterocycles. The molecule has 0 bridgehead atoms. The number of phosphoric acid groups is 1. The zero-order valence-corrected chi connectivity index (χ0v) is 21.8. The number of benzene rings is 1. The standard InChI is InChI=1S/C23H25FN5O9P/c1-3-32-19-16-18(27-21(25)28-19)29(11-26-16)20-23(2)17(36-22(30)37-23)15(35-20)10-34-39(31)33-8-7-14(38-39)12-5-4-6-13(24)9-12/h4-6,9,11,14-15,17,20H,3,7-8,10H2,1-2H3,(H2,25,27,28)/t14-,15+,17+,20+,23+,39?/m0/s1. The van der Waals surface area contributed by atoms with Crippen LogP contribution in [-0.4, -0.2) is 63.3 Å². The fourth-order valence-electron chi connectivity index (χ4n) is 4.95. The maximum atomic E-state index is 13.7. The van der Waals surface area contributed by atoms with Gasteiger partial charge in [-0.1, -0.05) is 12.1 Å². The Morgan fingerprint density at radius 3 is 2.97 bits per heavy atom. The predicted molar refractivity (Wildman–Crippen MR) is 129 cm³/mol. The molecule has 39 heavy (non-hydrogen) atoms. The molecule has 208 valence electrons. The largest absolute Gasteiger partial charge is 0.509 e. The summed E-state index contributed by atoms with van der Waals surface area (Å²) in [6.45, 7) is 3.47. The lowest BCUT2D eigenvalue weighted by molar-refractivity contribution is -0.0925. The number of hydrogen-bond donors (Lipinski definition) is 1. The van der Waals surface area contributed by atoms with Crippen LogP contribution in [0.15, 0.2) is 30.6 Å². The topological polar surface area (TPSA) is 168 Å². The molecular weight excluding hydrogens is 540 g/mol. The lowest BCUT2D eigenvalue weighted by Crippen LogP contribution is -2.42. The number of carbonyl (C=O) groups is 1. The first-order valence-corrected chi connectivity index (χ1v) is 13.7. The van der Waals surface area contributed by atoms with Crippen molar-refractivity contribution in [3.8, 4) is 5.88 Å². The van der Waals surface area contributed by atoms with Crippen LogP contribution in [0.25, 0.3) is 11.2 Å². The number of nitrogen functional groups attached to an aromatic ring is 1. The van der Waals surface area contributed by atoms with Crippen LogP contribution in [0.2, 0.25) is 0 Å². The average molecular weight is 565 g/mol. The van der Waals surface area contributed by atoms with E-state index in [2.05, 4.69) is 15.0 Å². The number of carbonyl (C=O) groups excluding carboxylic acids is 1. The number of nitrogens with two attached hydrogens (primary N) is 1. The van der Waals surface area contributed by atoms with E-state index in [1.165, 1.54) is 29.1 Å². The first-order valence-electron chi connectivity index (χ1n) is 12.2. The van der Waals surface area contributed by atoms with Crippen molar-refractivity contribution in [2.45, 2.75) is 50.4 Å². The molecule has 6 rings (SSSR count). The summed E-state index contributed by atoms with van der Waals surface area (Å²) in [5, 5.41) is 0. The van der Waals surface area contributed by atoms with Gasteiger partial charge in [-0.2, -0.15) is 9.97 Å². The van der Waals surface area contributed by atoms with E-state index in [9.17, 15) is 13.8 Å². The van der Waals surface area contributed by atoms with Crippen molar-refractivity contribution in [2.24, 2.45) is 0 Å². The zero-order chi connectivity index (χ0) is 27.4. The van der Waals surface area contributed by atoms with E-state index < -0.39 is 49.9 Å². The molecule has 16 heteroatoms. The van der Waals surface area contributed by atoms with Crippen molar-refractivity contribution >= 4 is 31.1 Å². The fraction of sp³-hybridized carbons (Fsp3) is 0.478. The van der Waals surface area contributed by atoms with Gasteiger partial charge in [0.15, 0.2) is 29.1 Å². The Kier molecular flexibility index (Phi) is 6.43. The Bertz CT molecular complexity index is 1470. The fourth-order valence-corrected chi connectivity index (χ4v) is 6.35. The Morgan fingerprint density at radius 2 is 2.18 bits per heavy atom. The molecule has 0 aliphatic carbocycles. The molecule has 1 unspecified atom stereocenters. The number of nitrogens with zero attached hydrogens (tertiary/aromatic N) is 4. The summed E-state index contributed by atoms with van der Waals surface area (Å²) in [6.07, 6.45) is -2.69. The highest BCUT2D eigenvalue weighted by molar-refractivity contribution is 7.48. The average Bonchev–Trinajstić information content (AvgIpc) is 3.52. The molecule has 0 radical (unpaired) electrons. The number of aromatic nitrogens is 4. The number of halogens is 1. The maximum Gasteiger partial charge on any atom is 0.509 e. The highest BCUT2D eigenvalue weighted by Gasteiger charge is 2.64. The number of fused-ring (bicyclic) bond motifs is 2. The summed E-state index contributed by atoms with van der Waals surface area (Å²) >= 11 is 0. The van der Waals surface area contributed by atoms with E-state index in [4.69, 9.17) is 38.3 Å². The minimum absolute atomic E-state index is 0.0514. The smallest absolute Gasteiger partial charge is 0.476 e. The molecule has 0 amide bonds. The first kappa shape index (κ1) is 25.9. The SMILES string of the molecule is CCOc1nc(N)nc2c1ncn2[C@@H]1O[C@H](COP2(=O)OCC[C@@H](c3cccc(F)c3)O2)[C@H]2OC(=O)O[C@]21C. The van der Waals surface area contributed by atoms with Crippen LogP contribution in [0.3, 0.4) is 0 Å². The summed E-state index contributed by atoms with van der Waals surface area (Å²) in [4.78, 5) is 24.9. The van der Waals surface area contributed by atoms with Gasteiger partial charge in [0.05, 0.1) is 32.3 Å². The summed E-state index contributed by atoms with van der Waals surface area (Å²) < 4.78 is 67.8. The van der Waals surface area contributed by atoms with Crippen LogP contribution >= 0.6 is 7.82 Å². The van der Waals surface area contributed by atoms with Gasteiger partial charge in [-0.25, -0.2) is 18.7 Å². The zero-order valence-electron chi connectivity index (χ0n) is 20.9. The van der Waals surface area contributed by atoms with E-state index >= 15 is 0 Å². The highest BCUT2D eigenvalue weighted by atomic mass is 31.2. The van der Waals surface area contributed by atoms with Crippen LogP contribution in [0.4, 0.5) is 15.1 Å². The monoisotopic (exact) mass is 565 g/mol. The number of ether oxygens (including phenoxy) is 4. The third-order valence-corrected chi connectivity index (χ3v) is 8.14. The molecule has 2 N–H and O–H groups in total. The summed E-state index contributed by atoms with van der Waals surface area (Å²) in [7, 11) is -4.07. The van der Waals surface area contributed by atoms with Crippen LogP contribution < -0.4 is 10.5 Å². The van der Waals surface area contributed by atoms with E-state index in [1.807, 2.05) is 0 Å². The Morgan fingerprint density at radius 1 is 1.33 bits per heavy atom. The predicted octanol–water partition coefficient (Wildman–Crippen LogP) is 3.44. The second kappa shape index (κ2) is 9.68. The van der Waals surface area contributed by atoms with Gasteiger partial charge in [-0.3, -0.25) is 18.1 Å². The van der Waals surface area contributed by atoms with Crippen molar-refractivity contribution in [1.29, 1.82) is 0 Å². The van der Waals surface area contributed by atoms with Crippen molar-refractivity contribution < 1.29 is 46.3 Å². The van der Waals surface area contributed by atoms with E-state index in [-0.39, 0.29) is 30.7 Å². The van der Waals surface area contributed by atoms with Crippen molar-refractivity contribution in [1.82, 2.24) is 19.5 Å². The number of imidazole rings is 1.